The standard InChI is InChI=1S/C14H23N3O5S2/c1-12-5-7-13(8-6-12)24(21,22)17-10-3-9-16-14(18)4-2-11-23(15,19)20/h5-8,17H,2-4,9-11H2,1H3,(H,16,18)(H2,15,19,20). The Hall–Kier alpha value is -1.49. The number of sulfonamides is 2. The quantitative estimate of drug-likeness (QED) is 0.487. The van der Waals surface area contributed by atoms with Crippen LogP contribution in [0.25, 0.3) is 0 Å². The minimum atomic E-state index is -3.55. The van der Waals surface area contributed by atoms with E-state index in [-0.39, 0.29) is 35.9 Å². The smallest absolute Gasteiger partial charge is 0.240 e. The van der Waals surface area contributed by atoms with Crippen LogP contribution >= 0.6 is 0 Å². The molecule has 0 aliphatic rings. The van der Waals surface area contributed by atoms with E-state index in [0.29, 0.717) is 13.0 Å². The maximum atomic E-state index is 12.0. The molecular formula is C14H23N3O5S2. The number of nitrogens with two attached hydrogens (primary N) is 1. The highest BCUT2D eigenvalue weighted by atomic mass is 32.2. The zero-order chi connectivity index (χ0) is 18.2. The predicted octanol–water partition coefficient (Wildman–Crippen LogP) is -0.152. The van der Waals surface area contributed by atoms with Gasteiger partial charge in [0.05, 0.1) is 10.6 Å². The van der Waals surface area contributed by atoms with Crippen molar-refractivity contribution in [2.24, 2.45) is 5.14 Å². The fourth-order valence-corrected chi connectivity index (χ4v) is 3.47. The fourth-order valence-electron chi connectivity index (χ4n) is 1.85. The molecule has 0 radical (unpaired) electrons. The number of hydrogen-bond donors (Lipinski definition) is 3. The van der Waals surface area contributed by atoms with E-state index in [2.05, 4.69) is 10.0 Å². The van der Waals surface area contributed by atoms with Crippen LogP contribution < -0.4 is 15.2 Å². The summed E-state index contributed by atoms with van der Waals surface area (Å²) < 4.78 is 47.9. The Morgan fingerprint density at radius 2 is 1.67 bits per heavy atom. The molecule has 0 spiro atoms. The molecule has 10 heteroatoms. The van der Waals surface area contributed by atoms with E-state index in [0.717, 1.165) is 5.56 Å². The van der Waals surface area contributed by atoms with E-state index >= 15 is 0 Å². The molecule has 1 aromatic carbocycles. The summed E-state index contributed by atoms with van der Waals surface area (Å²) in [7, 11) is -7.10. The number of nitrogens with one attached hydrogen (secondary N) is 2. The summed E-state index contributed by atoms with van der Waals surface area (Å²) in [4.78, 5) is 11.7. The van der Waals surface area contributed by atoms with Gasteiger partial charge < -0.3 is 5.32 Å². The normalized spacial score (nSPS) is 12.1. The van der Waals surface area contributed by atoms with Crippen LogP contribution in [0, 0.1) is 6.92 Å². The third-order valence-electron chi connectivity index (χ3n) is 3.13. The number of hydrogen-bond acceptors (Lipinski definition) is 5. The number of amides is 1. The fraction of sp³-hybridized carbons (Fsp3) is 0.500. The molecule has 0 heterocycles. The highest BCUT2D eigenvalue weighted by Crippen LogP contribution is 2.09. The van der Waals surface area contributed by atoms with Gasteiger partial charge in [0.2, 0.25) is 26.0 Å². The summed E-state index contributed by atoms with van der Waals surface area (Å²) >= 11 is 0. The van der Waals surface area contributed by atoms with E-state index in [9.17, 15) is 21.6 Å². The van der Waals surface area contributed by atoms with Crippen LogP contribution in [0.2, 0.25) is 0 Å². The topological polar surface area (TPSA) is 135 Å². The van der Waals surface area contributed by atoms with E-state index < -0.39 is 20.0 Å². The lowest BCUT2D eigenvalue weighted by molar-refractivity contribution is -0.121. The maximum Gasteiger partial charge on any atom is 0.240 e. The van der Waals surface area contributed by atoms with Gasteiger partial charge in [-0.2, -0.15) is 0 Å². The van der Waals surface area contributed by atoms with Crippen molar-refractivity contribution < 1.29 is 21.6 Å². The Morgan fingerprint density at radius 3 is 2.25 bits per heavy atom. The minimum absolute atomic E-state index is 0.0610. The molecule has 0 aliphatic carbocycles. The van der Waals surface area contributed by atoms with E-state index in [1.54, 1.807) is 12.1 Å². The molecule has 8 nitrogen and oxygen atoms in total. The molecule has 0 atom stereocenters. The van der Waals surface area contributed by atoms with Gasteiger partial charge in [0, 0.05) is 19.5 Å². The summed E-state index contributed by atoms with van der Waals surface area (Å²) in [6.07, 6.45) is 0.641. The molecule has 0 saturated carbocycles. The van der Waals surface area contributed by atoms with Crippen molar-refractivity contribution in [1.29, 1.82) is 0 Å². The monoisotopic (exact) mass is 377 g/mol. The average Bonchev–Trinajstić information content (AvgIpc) is 2.46. The van der Waals surface area contributed by atoms with Crippen LogP contribution in [0.4, 0.5) is 0 Å². The summed E-state index contributed by atoms with van der Waals surface area (Å²) in [6.45, 7) is 2.35. The number of aryl methyl sites for hydroxylation is 1. The SMILES string of the molecule is Cc1ccc(S(=O)(=O)NCCCNC(=O)CCCS(N)(=O)=O)cc1. The van der Waals surface area contributed by atoms with Gasteiger partial charge in [-0.25, -0.2) is 26.7 Å². The second-order valence-corrected chi connectivity index (χ2v) is 8.89. The summed E-state index contributed by atoms with van der Waals surface area (Å²) in [5.74, 6) is -0.531. The van der Waals surface area contributed by atoms with Crippen molar-refractivity contribution in [3.63, 3.8) is 0 Å². The molecule has 0 unspecified atom stereocenters. The van der Waals surface area contributed by atoms with Gasteiger partial charge in [-0.05, 0) is 31.9 Å². The van der Waals surface area contributed by atoms with Crippen molar-refractivity contribution in [3.05, 3.63) is 29.8 Å². The largest absolute Gasteiger partial charge is 0.356 e. The molecule has 0 aromatic heterocycles. The number of benzene rings is 1. The number of rotatable bonds is 10. The Labute approximate surface area is 142 Å². The minimum Gasteiger partial charge on any atom is -0.356 e. The molecule has 24 heavy (non-hydrogen) atoms. The second kappa shape index (κ2) is 9.11. The van der Waals surface area contributed by atoms with E-state index in [4.69, 9.17) is 5.14 Å². The summed E-state index contributed by atoms with van der Waals surface area (Å²) in [6, 6.07) is 6.50. The van der Waals surface area contributed by atoms with E-state index in [1.165, 1.54) is 12.1 Å². The first-order valence-corrected chi connectivity index (χ1v) is 10.6. The molecule has 0 bridgehead atoms. The highest BCUT2D eigenvalue weighted by molar-refractivity contribution is 7.89. The Morgan fingerprint density at radius 1 is 1.04 bits per heavy atom. The van der Waals surface area contributed by atoms with Crippen LogP contribution in [0.3, 0.4) is 0 Å². The Balaban J connectivity index is 2.23. The zero-order valence-electron chi connectivity index (χ0n) is 13.5. The van der Waals surface area contributed by atoms with Gasteiger partial charge in [0.1, 0.15) is 0 Å². The molecule has 1 rings (SSSR count). The molecular weight excluding hydrogens is 354 g/mol. The van der Waals surface area contributed by atoms with Gasteiger partial charge >= 0.3 is 0 Å². The number of primary sulfonamides is 1. The lowest BCUT2D eigenvalue weighted by atomic mass is 10.2. The number of carbonyl (C=O) groups excluding carboxylic acids is 1. The van der Waals surface area contributed by atoms with Crippen LogP contribution in [0.15, 0.2) is 29.2 Å². The molecule has 4 N–H and O–H groups in total. The lowest BCUT2D eigenvalue weighted by Crippen LogP contribution is -2.30. The van der Waals surface area contributed by atoms with Crippen molar-refractivity contribution in [1.82, 2.24) is 10.0 Å². The molecule has 0 saturated heterocycles. The van der Waals surface area contributed by atoms with Gasteiger partial charge in [-0.1, -0.05) is 17.7 Å². The second-order valence-electron chi connectivity index (χ2n) is 5.38. The zero-order valence-corrected chi connectivity index (χ0v) is 15.1. The highest BCUT2D eigenvalue weighted by Gasteiger charge is 2.12. The van der Waals surface area contributed by atoms with Crippen LogP contribution in [0.1, 0.15) is 24.8 Å². The van der Waals surface area contributed by atoms with Gasteiger partial charge in [-0.15, -0.1) is 0 Å². The third kappa shape index (κ3) is 8.39. The molecule has 136 valence electrons. The molecule has 0 fully saturated rings. The third-order valence-corrected chi connectivity index (χ3v) is 5.47. The average molecular weight is 377 g/mol. The Kier molecular flexibility index (Phi) is 7.80. The van der Waals surface area contributed by atoms with Crippen LogP contribution in [0.5, 0.6) is 0 Å². The molecule has 1 aromatic rings. The van der Waals surface area contributed by atoms with E-state index in [1.807, 2.05) is 6.92 Å². The Bertz CT molecular complexity index is 743. The van der Waals surface area contributed by atoms with Gasteiger partial charge in [-0.3, -0.25) is 4.79 Å². The van der Waals surface area contributed by atoms with Crippen LogP contribution in [-0.2, 0) is 24.8 Å². The maximum absolute atomic E-state index is 12.0. The van der Waals surface area contributed by atoms with Crippen LogP contribution in [-0.4, -0.2) is 41.6 Å². The molecule has 1 amide bonds. The first kappa shape index (κ1) is 20.6. The summed E-state index contributed by atoms with van der Waals surface area (Å²) in [5, 5.41) is 7.43. The summed E-state index contributed by atoms with van der Waals surface area (Å²) in [5.41, 5.74) is 0.971. The van der Waals surface area contributed by atoms with Crippen molar-refractivity contribution in [2.75, 3.05) is 18.8 Å². The number of carbonyl (C=O) groups is 1. The molecule has 0 aliphatic heterocycles. The van der Waals surface area contributed by atoms with Crippen molar-refractivity contribution in [3.8, 4) is 0 Å². The van der Waals surface area contributed by atoms with Gasteiger partial charge in [0.15, 0.2) is 0 Å². The first-order valence-electron chi connectivity index (χ1n) is 7.44. The predicted molar refractivity (Wildman–Crippen MR) is 91.2 cm³/mol. The van der Waals surface area contributed by atoms with Crippen molar-refractivity contribution in [2.45, 2.75) is 31.1 Å². The van der Waals surface area contributed by atoms with Gasteiger partial charge in [0.25, 0.3) is 0 Å². The lowest BCUT2D eigenvalue weighted by Gasteiger charge is -2.08. The van der Waals surface area contributed by atoms with Crippen molar-refractivity contribution >= 4 is 26.0 Å². The first-order chi connectivity index (χ1) is 11.1.